The van der Waals surface area contributed by atoms with Crippen LogP contribution in [0.3, 0.4) is 0 Å². The number of alkyl halides is 3. The van der Waals surface area contributed by atoms with Gasteiger partial charge in [-0.05, 0) is 105 Å². The lowest BCUT2D eigenvalue weighted by atomic mass is 9.32. The van der Waals surface area contributed by atoms with Gasteiger partial charge in [0.1, 0.15) is 5.75 Å². The molecule has 1 unspecified atom stereocenters. The van der Waals surface area contributed by atoms with Gasteiger partial charge in [-0.25, -0.2) is 4.79 Å². The van der Waals surface area contributed by atoms with Gasteiger partial charge in [-0.3, -0.25) is 4.79 Å². The first-order valence-corrected chi connectivity index (χ1v) is 20.9. The van der Waals surface area contributed by atoms with Crippen molar-refractivity contribution in [3.05, 3.63) is 89.5 Å². The number of hydrogen-bond donors (Lipinski definition) is 3. The summed E-state index contributed by atoms with van der Waals surface area (Å²) in [5.41, 5.74) is -0.624. The Morgan fingerprint density at radius 2 is 1.55 bits per heavy atom. The Morgan fingerprint density at radius 3 is 2.25 bits per heavy atom. The van der Waals surface area contributed by atoms with Crippen molar-refractivity contribution in [3.63, 3.8) is 0 Å². The summed E-state index contributed by atoms with van der Waals surface area (Å²) in [6, 6.07) is 14.4. The van der Waals surface area contributed by atoms with E-state index in [0.29, 0.717) is 24.8 Å². The Bertz CT molecular complexity index is 1880. The molecule has 10 heteroatoms. The second-order valence-electron chi connectivity index (χ2n) is 18.6. The van der Waals surface area contributed by atoms with Crippen LogP contribution in [0.2, 0.25) is 0 Å². The van der Waals surface area contributed by atoms with E-state index in [1.54, 1.807) is 4.90 Å². The molecule has 0 aliphatic heterocycles. The number of aliphatic hydroxyl groups excluding tert-OH is 1. The Balaban J connectivity index is 1.14. The lowest BCUT2D eigenvalue weighted by Crippen LogP contribution is -2.67. The Labute approximate surface area is 328 Å². The minimum absolute atomic E-state index is 0.0128. The Kier molecular flexibility index (Phi) is 9.83. The van der Waals surface area contributed by atoms with Crippen molar-refractivity contribution >= 4 is 11.8 Å². The average molecular weight is 775 g/mol. The number of aliphatic hydroxyl groups is 2. The summed E-state index contributed by atoms with van der Waals surface area (Å²) in [4.78, 5) is 30.9. The van der Waals surface area contributed by atoms with Gasteiger partial charge in [0, 0.05) is 34.3 Å². The molecule has 4 fully saturated rings. The van der Waals surface area contributed by atoms with Crippen LogP contribution in [-0.4, -0.2) is 51.5 Å². The number of halogens is 3. The van der Waals surface area contributed by atoms with E-state index in [1.807, 2.05) is 37.3 Å². The maximum atomic E-state index is 14.9. The summed E-state index contributed by atoms with van der Waals surface area (Å²) in [5, 5.41) is 27.3. The lowest BCUT2D eigenvalue weighted by molar-refractivity contribution is -0.274. The third-order valence-electron chi connectivity index (χ3n) is 15.9. The topological polar surface area (TPSA) is 99.1 Å². The van der Waals surface area contributed by atoms with E-state index >= 15 is 0 Å². The molecule has 2 aromatic rings. The van der Waals surface area contributed by atoms with Gasteiger partial charge in [0.25, 0.3) is 0 Å². The monoisotopic (exact) mass is 774 g/mol. The maximum Gasteiger partial charge on any atom is 0.573 e. The average Bonchev–Trinajstić information content (AvgIpc) is 3.44. The zero-order chi connectivity index (χ0) is 39.7. The lowest BCUT2D eigenvalue weighted by Gasteiger charge is -2.71. The zero-order valence-electron chi connectivity index (χ0n) is 32.9. The minimum Gasteiger partial charge on any atom is -0.406 e. The quantitative estimate of drug-likeness (QED) is 0.221. The fourth-order valence-corrected chi connectivity index (χ4v) is 12.8. The van der Waals surface area contributed by atoms with Crippen LogP contribution in [-0.2, 0) is 11.3 Å². The number of allylic oxidation sites excluding steroid dienone is 4. The molecule has 56 heavy (non-hydrogen) atoms. The van der Waals surface area contributed by atoms with Gasteiger partial charge in [-0.1, -0.05) is 93.8 Å². The highest BCUT2D eigenvalue weighted by molar-refractivity contribution is 6.00. The van der Waals surface area contributed by atoms with E-state index < -0.39 is 28.9 Å². The Morgan fingerprint density at radius 1 is 0.893 bits per heavy atom. The molecule has 4 saturated carbocycles. The zero-order valence-corrected chi connectivity index (χ0v) is 32.9. The van der Waals surface area contributed by atoms with E-state index in [1.165, 1.54) is 24.3 Å². The maximum absolute atomic E-state index is 14.9. The van der Waals surface area contributed by atoms with Gasteiger partial charge >= 0.3 is 12.4 Å². The van der Waals surface area contributed by atoms with Crippen molar-refractivity contribution in [3.8, 4) is 5.75 Å². The smallest absolute Gasteiger partial charge is 0.406 e. The van der Waals surface area contributed by atoms with Crippen LogP contribution in [0.1, 0.15) is 115 Å². The molecular formula is C46H57F3N2O5. The van der Waals surface area contributed by atoms with Crippen LogP contribution in [0.25, 0.3) is 0 Å². The fourth-order valence-electron chi connectivity index (χ4n) is 12.8. The minimum atomic E-state index is -4.82. The van der Waals surface area contributed by atoms with Crippen molar-refractivity contribution < 1.29 is 37.7 Å². The molecule has 2 amide bonds. The molecule has 302 valence electrons. The SMILES string of the molecule is C[C@@H](NC(=O)N(Cc1ccc(OC(F)(F)F)cc1)C[C@]1(O)CC[C@H]2[C@]34C=C[C@@]5(C=C3C(=O)C3CCCCC3)CC(O)CC[C@]5(C)[C@H]4CC[C@@]21C)c1ccccc1. The number of urea groups is 1. The van der Waals surface area contributed by atoms with Crippen molar-refractivity contribution in [2.24, 2.45) is 39.4 Å². The number of ketones is 1. The van der Waals surface area contributed by atoms with Gasteiger partial charge in [0.05, 0.1) is 24.3 Å². The summed E-state index contributed by atoms with van der Waals surface area (Å²) < 4.78 is 43.0. The highest BCUT2D eigenvalue weighted by Gasteiger charge is 2.74. The summed E-state index contributed by atoms with van der Waals surface area (Å²) in [7, 11) is 0. The first-order valence-electron chi connectivity index (χ1n) is 20.9. The van der Waals surface area contributed by atoms with E-state index in [0.717, 1.165) is 68.9 Å². The predicted molar refractivity (Wildman–Crippen MR) is 207 cm³/mol. The van der Waals surface area contributed by atoms with Gasteiger partial charge in [0.2, 0.25) is 0 Å². The number of carbonyl (C=O) groups is 2. The van der Waals surface area contributed by atoms with Crippen molar-refractivity contribution in [1.29, 1.82) is 0 Å². The fraction of sp³-hybridized carbons (Fsp3) is 0.609. The Hall–Kier alpha value is -3.63. The number of nitrogens with zero attached hydrogens (tertiary/aromatic N) is 1. The number of amides is 2. The number of nitrogens with one attached hydrogen (secondary N) is 1. The highest BCUT2D eigenvalue weighted by Crippen LogP contribution is 2.78. The van der Waals surface area contributed by atoms with Crippen LogP contribution < -0.4 is 10.1 Å². The van der Waals surface area contributed by atoms with Gasteiger partial charge < -0.3 is 25.2 Å². The van der Waals surface area contributed by atoms with Crippen molar-refractivity contribution in [2.45, 2.75) is 128 Å². The van der Waals surface area contributed by atoms with Crippen molar-refractivity contribution in [1.82, 2.24) is 10.2 Å². The molecule has 7 aliphatic rings. The van der Waals surface area contributed by atoms with Crippen LogP contribution in [0.5, 0.6) is 5.75 Å². The van der Waals surface area contributed by atoms with Crippen LogP contribution >= 0.6 is 0 Å². The molecule has 7 aliphatic carbocycles. The molecule has 9 rings (SSSR count). The van der Waals surface area contributed by atoms with E-state index in [-0.39, 0.29) is 65.3 Å². The first-order chi connectivity index (χ1) is 26.5. The summed E-state index contributed by atoms with van der Waals surface area (Å²) in [6.07, 6.45) is 11.7. The largest absolute Gasteiger partial charge is 0.573 e. The number of Topliss-reactive ketones (excluding diaryl/α,β-unsaturated/α-hetero) is 1. The predicted octanol–water partition coefficient (Wildman–Crippen LogP) is 9.60. The number of ether oxygens (including phenoxy) is 1. The van der Waals surface area contributed by atoms with E-state index in [2.05, 4.69) is 42.1 Å². The van der Waals surface area contributed by atoms with Crippen LogP contribution in [0.15, 0.2) is 78.4 Å². The third kappa shape index (κ3) is 6.32. The van der Waals surface area contributed by atoms with Crippen LogP contribution in [0, 0.1) is 39.4 Å². The molecule has 0 saturated heterocycles. The number of rotatable bonds is 9. The number of benzene rings is 2. The molecule has 0 heterocycles. The second kappa shape index (κ2) is 14.0. The molecule has 0 radical (unpaired) electrons. The number of fused-ring (bicyclic) bond motifs is 1. The first kappa shape index (κ1) is 39.2. The highest BCUT2D eigenvalue weighted by atomic mass is 19.4. The molecule has 2 aromatic carbocycles. The van der Waals surface area contributed by atoms with Gasteiger partial charge in [0.15, 0.2) is 5.78 Å². The molecule has 2 bridgehead atoms. The molecule has 0 aromatic heterocycles. The standard InChI is InChI=1S/C46H57F3N2O5/c1-30(32-10-6-4-7-11-32)50-40(54)51(28-31-14-16-35(17-15-31)56-46(47,48)49)29-44(55)23-20-38-42(44,3)22-19-37-41(2)21-18-34(52)26-43(41)24-25-45(37,38)36(27-43)39(53)33-12-8-5-9-13-33/h4,6-7,10-11,14-17,24-25,27,30,33-34,37-38,52,55H,5,8-9,12-13,18-23,26,28-29H2,1-3H3,(H,50,54)/t30-,34?,37-,38-,41-,42+,43+,44-,45-/m1/s1. The van der Waals surface area contributed by atoms with Gasteiger partial charge in [-0.15, -0.1) is 13.2 Å². The normalized spacial score (nSPS) is 36.8. The molecule has 2 spiro atoms. The molecule has 7 nitrogen and oxygen atoms in total. The molecule has 9 atom stereocenters. The summed E-state index contributed by atoms with van der Waals surface area (Å²) in [5.74, 6) is 0.0301. The second-order valence-corrected chi connectivity index (χ2v) is 18.6. The van der Waals surface area contributed by atoms with E-state index in [9.17, 15) is 33.0 Å². The number of hydrogen-bond acceptors (Lipinski definition) is 5. The third-order valence-corrected chi connectivity index (χ3v) is 15.9. The summed E-state index contributed by atoms with van der Waals surface area (Å²) in [6.45, 7) is 6.53. The van der Waals surface area contributed by atoms with Crippen LogP contribution in [0.4, 0.5) is 18.0 Å². The number of carbonyl (C=O) groups excluding carboxylic acids is 2. The van der Waals surface area contributed by atoms with E-state index in [4.69, 9.17) is 0 Å². The summed E-state index contributed by atoms with van der Waals surface area (Å²) >= 11 is 0. The van der Waals surface area contributed by atoms with Crippen molar-refractivity contribution in [2.75, 3.05) is 6.54 Å². The molecular weight excluding hydrogens is 718 g/mol. The molecule has 3 N–H and O–H groups in total. The van der Waals surface area contributed by atoms with Gasteiger partial charge in [-0.2, -0.15) is 0 Å².